The molecule has 2 heterocycles. The van der Waals surface area contributed by atoms with Crippen LogP contribution in [0.5, 0.6) is 17.2 Å². The summed E-state index contributed by atoms with van der Waals surface area (Å²) in [5.41, 5.74) is 2.30. The fraction of sp³-hybridized carbons (Fsp3) is 0.194. The van der Waals surface area contributed by atoms with Crippen LogP contribution in [-0.4, -0.2) is 28.8 Å². The van der Waals surface area contributed by atoms with Crippen LogP contribution >= 0.6 is 22.9 Å². The van der Waals surface area contributed by atoms with Gasteiger partial charge in [-0.3, -0.25) is 14.2 Å². The Morgan fingerprint density at radius 2 is 1.80 bits per heavy atom. The van der Waals surface area contributed by atoms with Gasteiger partial charge < -0.3 is 19.9 Å². The SMILES string of the molecule is CCOc1cc([C@H]2C(C(=O)Nc3ccccc3)=C(C)N=c3s/c(=C\c4cc(Cl)ccc4OCC)c(=O)n32)ccc1O. The summed E-state index contributed by atoms with van der Waals surface area (Å²) in [5.74, 6) is 0.419. The minimum absolute atomic E-state index is 0.0385. The van der Waals surface area contributed by atoms with Crippen LogP contribution in [-0.2, 0) is 4.79 Å². The third-order valence-electron chi connectivity index (χ3n) is 6.46. The van der Waals surface area contributed by atoms with Crippen molar-refractivity contribution in [1.29, 1.82) is 0 Å². The molecule has 210 valence electrons. The average Bonchev–Trinajstić information content (AvgIpc) is 3.25. The number of carbonyl (C=O) groups is 1. The van der Waals surface area contributed by atoms with Crippen molar-refractivity contribution in [2.75, 3.05) is 18.5 Å². The predicted molar refractivity (Wildman–Crippen MR) is 161 cm³/mol. The Hall–Kier alpha value is -4.34. The van der Waals surface area contributed by atoms with Crippen molar-refractivity contribution >= 4 is 40.6 Å². The number of phenols is 1. The maximum Gasteiger partial charge on any atom is 0.271 e. The van der Waals surface area contributed by atoms with E-state index < -0.39 is 11.9 Å². The van der Waals surface area contributed by atoms with Gasteiger partial charge in [-0.05, 0) is 74.9 Å². The Labute approximate surface area is 245 Å². The number of para-hydroxylation sites is 1. The first kappa shape index (κ1) is 28.2. The number of carbonyl (C=O) groups excluding carboxylic acids is 1. The number of benzene rings is 3. The standard InChI is InChI=1S/C31H28ClN3O5S/c1-4-39-24-14-12-21(32)15-20(24)17-26-30(38)35-28(19-11-13-23(36)25(16-19)40-5-2)27(18(3)33-31(35)41-26)29(37)34-22-9-7-6-8-10-22/h6-17,28,36H,4-5H2,1-3H3,(H,34,37)/b26-17-/t28-/m0/s1. The number of ether oxygens (including phenoxy) is 2. The Morgan fingerprint density at radius 1 is 1.07 bits per heavy atom. The minimum atomic E-state index is -0.831. The van der Waals surface area contributed by atoms with E-state index in [0.717, 1.165) is 0 Å². The highest BCUT2D eigenvalue weighted by molar-refractivity contribution is 7.07. The van der Waals surface area contributed by atoms with Gasteiger partial charge in [-0.2, -0.15) is 0 Å². The molecule has 1 aliphatic rings. The smallest absolute Gasteiger partial charge is 0.271 e. The van der Waals surface area contributed by atoms with Crippen LogP contribution in [0, 0.1) is 0 Å². The van der Waals surface area contributed by atoms with Crippen LogP contribution in [0.1, 0.15) is 37.9 Å². The molecule has 1 aromatic heterocycles. The fourth-order valence-corrected chi connectivity index (χ4v) is 5.90. The molecule has 0 spiro atoms. The van der Waals surface area contributed by atoms with Crippen molar-refractivity contribution in [2.24, 2.45) is 4.99 Å². The lowest BCUT2D eigenvalue weighted by Gasteiger charge is -2.26. The summed E-state index contributed by atoms with van der Waals surface area (Å²) in [4.78, 5) is 32.9. The highest BCUT2D eigenvalue weighted by Crippen LogP contribution is 2.36. The zero-order valence-corrected chi connectivity index (χ0v) is 24.3. The Balaban J connectivity index is 1.71. The maximum absolute atomic E-state index is 14.0. The van der Waals surface area contributed by atoms with Crippen LogP contribution in [0.25, 0.3) is 6.08 Å². The molecule has 0 aliphatic carbocycles. The molecule has 1 amide bonds. The van der Waals surface area contributed by atoms with Crippen molar-refractivity contribution in [1.82, 2.24) is 4.57 Å². The van der Waals surface area contributed by atoms with Gasteiger partial charge >= 0.3 is 0 Å². The molecule has 1 aliphatic heterocycles. The minimum Gasteiger partial charge on any atom is -0.504 e. The number of halogens is 1. The summed E-state index contributed by atoms with van der Waals surface area (Å²) < 4.78 is 13.3. The number of nitrogens with one attached hydrogen (secondary N) is 1. The molecule has 2 N–H and O–H groups in total. The van der Waals surface area contributed by atoms with Crippen molar-refractivity contribution in [3.8, 4) is 17.2 Å². The molecule has 0 saturated heterocycles. The highest BCUT2D eigenvalue weighted by atomic mass is 35.5. The molecule has 0 fully saturated rings. The topological polar surface area (TPSA) is 102 Å². The van der Waals surface area contributed by atoms with Crippen LogP contribution in [0.2, 0.25) is 5.02 Å². The molecule has 0 saturated carbocycles. The van der Waals surface area contributed by atoms with Crippen molar-refractivity contribution in [2.45, 2.75) is 26.8 Å². The monoisotopic (exact) mass is 589 g/mol. The number of hydrogen-bond donors (Lipinski definition) is 2. The van der Waals surface area contributed by atoms with Gasteiger partial charge in [0.05, 0.1) is 35.1 Å². The number of nitrogens with zero attached hydrogens (tertiary/aromatic N) is 2. The summed E-state index contributed by atoms with van der Waals surface area (Å²) in [6.45, 7) is 6.22. The van der Waals surface area contributed by atoms with Gasteiger partial charge in [-0.25, -0.2) is 4.99 Å². The third-order valence-corrected chi connectivity index (χ3v) is 7.67. The van der Waals surface area contributed by atoms with E-state index >= 15 is 0 Å². The van der Waals surface area contributed by atoms with Gasteiger partial charge in [-0.1, -0.05) is 47.2 Å². The predicted octanol–water partition coefficient (Wildman–Crippen LogP) is 5.03. The third kappa shape index (κ3) is 5.77. The Kier molecular flexibility index (Phi) is 8.28. The lowest BCUT2D eigenvalue weighted by Crippen LogP contribution is -2.40. The van der Waals surface area contributed by atoms with Gasteiger partial charge in [0.1, 0.15) is 5.75 Å². The lowest BCUT2D eigenvalue weighted by atomic mass is 9.94. The highest BCUT2D eigenvalue weighted by Gasteiger charge is 2.33. The molecule has 5 rings (SSSR count). The summed E-state index contributed by atoms with van der Waals surface area (Å²) in [7, 11) is 0. The van der Waals surface area contributed by atoms with E-state index in [1.54, 1.807) is 55.5 Å². The number of fused-ring (bicyclic) bond motifs is 1. The van der Waals surface area contributed by atoms with E-state index in [2.05, 4.69) is 10.3 Å². The number of rotatable bonds is 8. The number of thiazole rings is 1. The Bertz CT molecular complexity index is 1830. The van der Waals surface area contributed by atoms with Gasteiger partial charge in [-0.15, -0.1) is 0 Å². The van der Waals surface area contributed by atoms with E-state index in [4.69, 9.17) is 21.1 Å². The first-order valence-electron chi connectivity index (χ1n) is 13.1. The second kappa shape index (κ2) is 12.0. The lowest BCUT2D eigenvalue weighted by molar-refractivity contribution is -0.113. The van der Waals surface area contributed by atoms with Crippen LogP contribution in [0.15, 0.2) is 87.8 Å². The van der Waals surface area contributed by atoms with Crippen molar-refractivity contribution < 1.29 is 19.4 Å². The van der Waals surface area contributed by atoms with Gasteiger partial charge in [0, 0.05) is 16.3 Å². The van der Waals surface area contributed by atoms with Gasteiger partial charge in [0.2, 0.25) is 0 Å². The number of phenolic OH excluding ortho intramolecular Hbond substituents is 1. The molecule has 0 unspecified atom stereocenters. The summed E-state index contributed by atoms with van der Waals surface area (Å²) in [5, 5.41) is 13.8. The van der Waals surface area contributed by atoms with E-state index in [0.29, 0.717) is 61.4 Å². The van der Waals surface area contributed by atoms with Crippen LogP contribution in [0.3, 0.4) is 0 Å². The molecule has 8 nitrogen and oxygen atoms in total. The van der Waals surface area contributed by atoms with Crippen LogP contribution < -0.4 is 29.7 Å². The van der Waals surface area contributed by atoms with Crippen LogP contribution in [0.4, 0.5) is 5.69 Å². The summed E-state index contributed by atoms with van der Waals surface area (Å²) in [6, 6.07) is 18.3. The van der Waals surface area contributed by atoms with E-state index in [1.807, 2.05) is 32.0 Å². The molecular weight excluding hydrogens is 562 g/mol. The summed E-state index contributed by atoms with van der Waals surface area (Å²) in [6.07, 6.45) is 1.73. The largest absolute Gasteiger partial charge is 0.504 e. The molecule has 0 bridgehead atoms. The molecular formula is C31H28ClN3O5S. The van der Waals surface area contributed by atoms with Gasteiger partial charge in [0.15, 0.2) is 16.3 Å². The van der Waals surface area contributed by atoms with Gasteiger partial charge in [0.25, 0.3) is 11.5 Å². The average molecular weight is 590 g/mol. The zero-order chi connectivity index (χ0) is 29.1. The van der Waals surface area contributed by atoms with Crippen molar-refractivity contribution in [3.05, 3.63) is 114 Å². The second-order valence-electron chi connectivity index (χ2n) is 9.18. The van der Waals surface area contributed by atoms with E-state index in [1.165, 1.54) is 22.0 Å². The molecule has 10 heteroatoms. The molecule has 3 aromatic carbocycles. The molecule has 41 heavy (non-hydrogen) atoms. The number of anilines is 1. The molecule has 1 atom stereocenters. The Morgan fingerprint density at radius 3 is 2.54 bits per heavy atom. The first-order chi connectivity index (χ1) is 19.8. The van der Waals surface area contributed by atoms with E-state index in [-0.39, 0.29) is 17.1 Å². The van der Waals surface area contributed by atoms with E-state index in [9.17, 15) is 14.7 Å². The molecule has 0 radical (unpaired) electrons. The summed E-state index contributed by atoms with van der Waals surface area (Å²) >= 11 is 7.47. The number of aromatic nitrogens is 1. The number of allylic oxidation sites excluding steroid dienone is 1. The number of amides is 1. The van der Waals surface area contributed by atoms with Crippen molar-refractivity contribution in [3.63, 3.8) is 0 Å². The second-order valence-corrected chi connectivity index (χ2v) is 10.6. The normalized spacial score (nSPS) is 14.8. The zero-order valence-electron chi connectivity index (χ0n) is 22.7. The molecule has 4 aromatic rings. The quantitative estimate of drug-likeness (QED) is 0.300. The number of aromatic hydroxyl groups is 1. The first-order valence-corrected chi connectivity index (χ1v) is 14.3. The fourth-order valence-electron chi connectivity index (χ4n) is 4.68. The maximum atomic E-state index is 14.0. The number of hydrogen-bond acceptors (Lipinski definition) is 7.